The number of halogens is 5. The molecule has 34 heavy (non-hydrogen) atoms. The highest BCUT2D eigenvalue weighted by atomic mass is 35.5. The molecule has 3 heterocycles. The molecule has 0 aliphatic carbocycles. The maximum Gasteiger partial charge on any atom is 0.434 e. The summed E-state index contributed by atoms with van der Waals surface area (Å²) in [6.45, 7) is 1.27. The van der Waals surface area contributed by atoms with Gasteiger partial charge in [0.2, 0.25) is 0 Å². The van der Waals surface area contributed by atoms with Crippen molar-refractivity contribution in [2.24, 2.45) is 5.14 Å². The molecular weight excluding hydrogens is 516 g/mol. The first-order chi connectivity index (χ1) is 15.9. The number of fused-ring (bicyclic) bond motifs is 3. The lowest BCUT2D eigenvalue weighted by molar-refractivity contribution is -0.141. The molecule has 0 spiro atoms. The zero-order chi connectivity index (χ0) is 24.7. The monoisotopic (exact) mass is 536 g/mol. The molecule has 0 bridgehead atoms. The normalized spacial score (nSPS) is 17.2. The molecule has 0 amide bonds. The Morgan fingerprint density at radius 3 is 2.71 bits per heavy atom. The Labute approximate surface area is 203 Å². The molecule has 8 nitrogen and oxygen atoms in total. The molecule has 1 atom stereocenters. The second kappa shape index (κ2) is 9.51. The van der Waals surface area contributed by atoms with E-state index in [2.05, 4.69) is 20.0 Å². The predicted molar refractivity (Wildman–Crippen MR) is 125 cm³/mol. The zero-order valence-corrected chi connectivity index (χ0v) is 19.9. The molecule has 0 saturated heterocycles. The van der Waals surface area contributed by atoms with Gasteiger partial charge < -0.3 is 10.3 Å². The summed E-state index contributed by atoms with van der Waals surface area (Å²) in [6, 6.07) is 7.61. The van der Waals surface area contributed by atoms with Gasteiger partial charge in [-0.2, -0.15) is 21.6 Å². The van der Waals surface area contributed by atoms with Crippen molar-refractivity contribution in [3.05, 3.63) is 57.3 Å². The molecule has 4 rings (SSSR count). The van der Waals surface area contributed by atoms with Crippen LogP contribution in [0.5, 0.6) is 0 Å². The Morgan fingerprint density at radius 1 is 1.24 bits per heavy atom. The highest BCUT2D eigenvalue weighted by Crippen LogP contribution is 2.36. The number of hydrogen-bond acceptors (Lipinski definition) is 5. The maximum absolute atomic E-state index is 13.1. The average Bonchev–Trinajstić information content (AvgIpc) is 3.10. The van der Waals surface area contributed by atoms with E-state index in [0.29, 0.717) is 24.5 Å². The molecule has 0 radical (unpaired) electrons. The number of benzene rings is 1. The highest BCUT2D eigenvalue weighted by molar-refractivity contribution is 7.87. The largest absolute Gasteiger partial charge is 0.434 e. The number of pyridine rings is 1. The van der Waals surface area contributed by atoms with Crippen molar-refractivity contribution in [3.8, 4) is 0 Å². The lowest BCUT2D eigenvalue weighted by atomic mass is 9.97. The standard InChI is InChI=1S/C20H21Cl2F3N6O2S/c21-11-1-3-15-13(9-11)12-5-7-31(16(18(12)29-15)10-28-34(26,32)33)8-6-27-17-4-2-14(22)19(30-17)20(23,24)25/h1-4,9,16,28-29H,5-8,10H2,(H,27,30)(H2,26,32,33). The Morgan fingerprint density at radius 2 is 2.00 bits per heavy atom. The molecule has 184 valence electrons. The van der Waals surface area contributed by atoms with Crippen molar-refractivity contribution in [3.63, 3.8) is 0 Å². The van der Waals surface area contributed by atoms with Gasteiger partial charge in [0.1, 0.15) is 5.82 Å². The number of H-pyrrole nitrogens is 1. The number of aromatic nitrogens is 2. The summed E-state index contributed by atoms with van der Waals surface area (Å²) in [7, 11) is -3.93. The highest BCUT2D eigenvalue weighted by Gasteiger charge is 2.35. The minimum absolute atomic E-state index is 0.0177. The first-order valence-electron chi connectivity index (χ1n) is 10.2. The third kappa shape index (κ3) is 5.58. The maximum atomic E-state index is 13.1. The second-order valence-corrected chi connectivity index (χ2v) is 10.1. The average molecular weight is 537 g/mol. The third-order valence-electron chi connectivity index (χ3n) is 5.62. The second-order valence-electron chi connectivity index (χ2n) is 7.85. The minimum Gasteiger partial charge on any atom is -0.369 e. The molecule has 2 aromatic heterocycles. The van der Waals surface area contributed by atoms with E-state index >= 15 is 0 Å². The Hall–Kier alpha value is -2.09. The lowest BCUT2D eigenvalue weighted by Gasteiger charge is -2.35. The number of aromatic amines is 1. The molecule has 1 aromatic carbocycles. The van der Waals surface area contributed by atoms with Crippen LogP contribution < -0.4 is 15.2 Å². The van der Waals surface area contributed by atoms with Crippen molar-refractivity contribution < 1.29 is 21.6 Å². The van der Waals surface area contributed by atoms with Gasteiger partial charge in [-0.05, 0) is 42.3 Å². The van der Waals surface area contributed by atoms with Crippen molar-refractivity contribution in [1.29, 1.82) is 0 Å². The van der Waals surface area contributed by atoms with Crippen LogP contribution in [0, 0.1) is 0 Å². The van der Waals surface area contributed by atoms with E-state index in [0.717, 1.165) is 28.2 Å². The van der Waals surface area contributed by atoms with Crippen molar-refractivity contribution in [2.75, 3.05) is 31.5 Å². The van der Waals surface area contributed by atoms with Gasteiger partial charge in [-0.1, -0.05) is 23.2 Å². The fourth-order valence-corrected chi connectivity index (χ4v) is 4.92. The lowest BCUT2D eigenvalue weighted by Crippen LogP contribution is -2.45. The van der Waals surface area contributed by atoms with Gasteiger partial charge in [0.25, 0.3) is 10.2 Å². The summed E-state index contributed by atoms with van der Waals surface area (Å²) < 4.78 is 64.6. The van der Waals surface area contributed by atoms with E-state index in [-0.39, 0.29) is 24.9 Å². The molecule has 1 aliphatic rings. The van der Waals surface area contributed by atoms with Gasteiger partial charge in [-0.3, -0.25) is 4.90 Å². The van der Waals surface area contributed by atoms with E-state index in [1.807, 2.05) is 17.0 Å². The predicted octanol–water partition coefficient (Wildman–Crippen LogP) is 3.69. The fourth-order valence-electron chi connectivity index (χ4n) is 4.15. The Balaban J connectivity index is 1.53. The molecule has 3 aromatic rings. The summed E-state index contributed by atoms with van der Waals surface area (Å²) in [5, 5.41) is 9.10. The van der Waals surface area contributed by atoms with E-state index in [9.17, 15) is 21.6 Å². The summed E-state index contributed by atoms with van der Waals surface area (Å²) in [4.78, 5) is 8.94. The van der Waals surface area contributed by atoms with E-state index in [1.165, 1.54) is 6.07 Å². The van der Waals surface area contributed by atoms with Crippen LogP contribution in [-0.4, -0.2) is 49.5 Å². The number of rotatable bonds is 7. The smallest absolute Gasteiger partial charge is 0.369 e. The molecule has 14 heteroatoms. The van der Waals surface area contributed by atoms with Crippen molar-refractivity contribution in [1.82, 2.24) is 19.6 Å². The molecule has 1 aliphatic heterocycles. The SMILES string of the molecule is NS(=O)(=O)NCC1c2[nH]c3ccc(Cl)cc3c2CCN1CCNc1ccc(Cl)c(C(F)(F)F)n1. The zero-order valence-electron chi connectivity index (χ0n) is 17.6. The van der Waals surface area contributed by atoms with Crippen LogP contribution >= 0.6 is 23.2 Å². The Kier molecular flexibility index (Phi) is 7.00. The number of nitrogens with one attached hydrogen (secondary N) is 3. The van der Waals surface area contributed by atoms with Crippen LogP contribution in [-0.2, 0) is 22.8 Å². The number of anilines is 1. The van der Waals surface area contributed by atoms with Crippen molar-refractivity contribution in [2.45, 2.75) is 18.6 Å². The molecular formula is C20H21Cl2F3N6O2S. The van der Waals surface area contributed by atoms with Gasteiger partial charge in [0, 0.05) is 47.8 Å². The van der Waals surface area contributed by atoms with Gasteiger partial charge in [0.05, 0.1) is 11.1 Å². The van der Waals surface area contributed by atoms with Crippen LogP contribution in [0.2, 0.25) is 10.0 Å². The molecule has 0 fully saturated rings. The molecule has 5 N–H and O–H groups in total. The van der Waals surface area contributed by atoms with Crippen molar-refractivity contribution >= 4 is 50.1 Å². The topological polar surface area (TPSA) is 116 Å². The summed E-state index contributed by atoms with van der Waals surface area (Å²) in [6.07, 6.45) is -3.99. The fraction of sp³-hybridized carbons (Fsp3) is 0.350. The van der Waals surface area contributed by atoms with E-state index in [4.69, 9.17) is 28.3 Å². The van der Waals surface area contributed by atoms with E-state index in [1.54, 1.807) is 6.07 Å². The van der Waals surface area contributed by atoms with Crippen LogP contribution in [0.4, 0.5) is 19.0 Å². The van der Waals surface area contributed by atoms with Gasteiger partial charge >= 0.3 is 6.18 Å². The summed E-state index contributed by atoms with van der Waals surface area (Å²) >= 11 is 11.8. The number of nitrogens with zero attached hydrogens (tertiary/aromatic N) is 2. The van der Waals surface area contributed by atoms with Crippen LogP contribution in [0.1, 0.15) is 23.0 Å². The first-order valence-corrected chi connectivity index (χ1v) is 12.5. The number of nitrogens with two attached hydrogens (primary N) is 1. The van der Waals surface area contributed by atoms with Gasteiger partial charge in [0.15, 0.2) is 5.69 Å². The van der Waals surface area contributed by atoms with Crippen LogP contribution in [0.15, 0.2) is 30.3 Å². The first kappa shape index (κ1) is 25.0. The number of alkyl halides is 3. The molecule has 1 unspecified atom stereocenters. The van der Waals surface area contributed by atoms with Crippen LogP contribution in [0.25, 0.3) is 10.9 Å². The molecule has 0 saturated carbocycles. The quantitative estimate of drug-likeness (QED) is 0.367. The Bertz CT molecular complexity index is 1320. The summed E-state index contributed by atoms with van der Waals surface area (Å²) in [5.41, 5.74) is 1.59. The van der Waals surface area contributed by atoms with E-state index < -0.39 is 27.1 Å². The summed E-state index contributed by atoms with van der Waals surface area (Å²) in [5.74, 6) is 0.0360. The van der Waals surface area contributed by atoms with Crippen LogP contribution in [0.3, 0.4) is 0 Å². The number of hydrogen-bond donors (Lipinski definition) is 4. The third-order valence-corrected chi connectivity index (χ3v) is 6.73. The van der Waals surface area contributed by atoms with Gasteiger partial charge in [-0.25, -0.2) is 14.8 Å². The van der Waals surface area contributed by atoms with Gasteiger partial charge in [-0.15, -0.1) is 0 Å². The minimum atomic E-state index is -4.67.